The van der Waals surface area contributed by atoms with Crippen LogP contribution in [0.15, 0.2) is 29.3 Å². The Morgan fingerprint density at radius 1 is 1.37 bits per heavy atom. The van der Waals surface area contributed by atoms with Crippen LogP contribution in [-0.4, -0.2) is 43.4 Å². The van der Waals surface area contributed by atoms with Crippen LogP contribution in [0.1, 0.15) is 0 Å². The first-order valence-electron chi connectivity index (χ1n) is 5.11. The van der Waals surface area contributed by atoms with Crippen molar-refractivity contribution in [3.63, 3.8) is 0 Å². The number of H-pyrrole nitrogens is 1. The molecule has 1 amide bonds. The van der Waals surface area contributed by atoms with Gasteiger partial charge in [-0.15, -0.1) is 0 Å². The van der Waals surface area contributed by atoms with E-state index in [-0.39, 0.29) is 4.90 Å². The van der Waals surface area contributed by atoms with Gasteiger partial charge < -0.3 is 9.88 Å². The van der Waals surface area contributed by atoms with Crippen molar-refractivity contribution in [2.75, 3.05) is 14.1 Å². The van der Waals surface area contributed by atoms with Crippen LogP contribution in [0.5, 0.6) is 0 Å². The second-order valence-electron chi connectivity index (χ2n) is 3.89. The molecular weight excluding hydrogens is 292 g/mol. The van der Waals surface area contributed by atoms with E-state index < -0.39 is 10.1 Å². The summed E-state index contributed by atoms with van der Waals surface area (Å²) in [7, 11) is -0.818. The van der Waals surface area contributed by atoms with Crippen molar-refractivity contribution in [3.8, 4) is 0 Å². The van der Waals surface area contributed by atoms with Crippen LogP contribution >= 0.6 is 11.6 Å². The van der Waals surface area contributed by atoms with E-state index in [0.717, 1.165) is 6.41 Å². The van der Waals surface area contributed by atoms with E-state index in [2.05, 4.69) is 4.98 Å². The number of hydrogen-bond acceptors (Lipinski definition) is 3. The molecule has 1 heterocycles. The van der Waals surface area contributed by atoms with Crippen LogP contribution in [0.4, 0.5) is 0 Å². The lowest BCUT2D eigenvalue weighted by Gasteiger charge is -1.94. The number of rotatable bonds is 2. The van der Waals surface area contributed by atoms with Gasteiger partial charge in [-0.2, -0.15) is 8.42 Å². The third-order valence-corrected chi connectivity index (χ3v) is 3.22. The summed E-state index contributed by atoms with van der Waals surface area (Å²) in [6.45, 7) is 0. The van der Waals surface area contributed by atoms with Crippen LogP contribution in [0.25, 0.3) is 10.9 Å². The SMILES string of the molecule is CN(C)C=O.O=S(=O)(O)c1c[nH]c2ccc(Cl)cc12. The van der Waals surface area contributed by atoms with Crippen LogP contribution in [0.3, 0.4) is 0 Å². The molecule has 0 fully saturated rings. The lowest BCUT2D eigenvalue weighted by Crippen LogP contribution is -2.06. The van der Waals surface area contributed by atoms with Crippen molar-refractivity contribution < 1.29 is 17.8 Å². The Morgan fingerprint density at radius 2 is 1.95 bits per heavy atom. The van der Waals surface area contributed by atoms with Gasteiger partial charge in [0.05, 0.1) is 0 Å². The van der Waals surface area contributed by atoms with Crippen molar-refractivity contribution in [2.24, 2.45) is 0 Å². The average molecular weight is 305 g/mol. The maximum atomic E-state index is 10.9. The number of benzene rings is 1. The highest BCUT2D eigenvalue weighted by atomic mass is 35.5. The molecule has 0 saturated heterocycles. The Morgan fingerprint density at radius 3 is 2.42 bits per heavy atom. The fourth-order valence-electron chi connectivity index (χ4n) is 1.28. The number of carbonyl (C=O) groups is 1. The van der Waals surface area contributed by atoms with E-state index in [4.69, 9.17) is 16.2 Å². The number of aromatic nitrogens is 1. The highest BCUT2D eigenvalue weighted by molar-refractivity contribution is 7.86. The summed E-state index contributed by atoms with van der Waals surface area (Å²) in [5.74, 6) is 0. The first kappa shape index (κ1) is 15.5. The van der Waals surface area contributed by atoms with Gasteiger partial charge in [-0.1, -0.05) is 11.6 Å². The van der Waals surface area contributed by atoms with E-state index in [1.807, 2.05) is 0 Å². The quantitative estimate of drug-likeness (QED) is 0.653. The van der Waals surface area contributed by atoms with Crippen LogP contribution < -0.4 is 0 Å². The van der Waals surface area contributed by atoms with E-state index in [9.17, 15) is 13.2 Å². The van der Waals surface area contributed by atoms with Gasteiger partial charge in [-0.05, 0) is 18.2 Å². The summed E-state index contributed by atoms with van der Waals surface area (Å²) in [6.07, 6.45) is 1.98. The molecule has 0 unspecified atom stereocenters. The smallest absolute Gasteiger partial charge is 0.296 e. The summed E-state index contributed by atoms with van der Waals surface area (Å²) in [5, 5.41) is 0.807. The van der Waals surface area contributed by atoms with Gasteiger partial charge in [0.2, 0.25) is 6.41 Å². The van der Waals surface area contributed by atoms with Crippen molar-refractivity contribution >= 4 is 39.0 Å². The predicted molar refractivity (Wildman–Crippen MR) is 72.9 cm³/mol. The predicted octanol–water partition coefficient (Wildman–Crippen LogP) is 1.77. The maximum absolute atomic E-state index is 10.9. The monoisotopic (exact) mass is 304 g/mol. The molecule has 1 aromatic carbocycles. The molecule has 8 heteroatoms. The lowest BCUT2D eigenvalue weighted by atomic mass is 10.2. The normalized spacial score (nSPS) is 10.7. The molecule has 0 aliphatic rings. The average Bonchev–Trinajstić information content (AvgIpc) is 2.72. The number of nitrogens with one attached hydrogen (secondary N) is 1. The molecule has 0 bridgehead atoms. The molecule has 6 nitrogen and oxygen atoms in total. The van der Waals surface area contributed by atoms with Gasteiger partial charge >= 0.3 is 0 Å². The van der Waals surface area contributed by atoms with E-state index in [0.29, 0.717) is 15.9 Å². The van der Waals surface area contributed by atoms with Gasteiger partial charge in [0.1, 0.15) is 4.90 Å². The topological polar surface area (TPSA) is 90.5 Å². The fraction of sp³-hybridized carbons (Fsp3) is 0.182. The summed E-state index contributed by atoms with van der Waals surface area (Å²) >= 11 is 5.71. The molecule has 2 N–H and O–H groups in total. The van der Waals surface area contributed by atoms with Gasteiger partial charge in [0.25, 0.3) is 10.1 Å². The highest BCUT2D eigenvalue weighted by Crippen LogP contribution is 2.25. The zero-order valence-electron chi connectivity index (χ0n) is 10.3. The summed E-state index contributed by atoms with van der Waals surface area (Å²) in [6, 6.07) is 4.76. The number of halogens is 1. The molecule has 0 saturated carbocycles. The Hall–Kier alpha value is -1.57. The molecule has 0 aliphatic heterocycles. The van der Waals surface area contributed by atoms with Gasteiger partial charge in [0.15, 0.2) is 0 Å². The number of fused-ring (bicyclic) bond motifs is 1. The number of carbonyl (C=O) groups excluding carboxylic acids is 1. The molecule has 104 valence electrons. The third-order valence-electron chi connectivity index (χ3n) is 2.09. The Balaban J connectivity index is 0.000000312. The minimum Gasteiger partial charge on any atom is -0.360 e. The van der Waals surface area contributed by atoms with Crippen molar-refractivity contribution in [2.45, 2.75) is 4.90 Å². The molecule has 19 heavy (non-hydrogen) atoms. The van der Waals surface area contributed by atoms with Crippen molar-refractivity contribution in [1.82, 2.24) is 9.88 Å². The molecule has 0 radical (unpaired) electrons. The highest BCUT2D eigenvalue weighted by Gasteiger charge is 2.15. The van der Waals surface area contributed by atoms with Crippen LogP contribution in [0.2, 0.25) is 5.02 Å². The van der Waals surface area contributed by atoms with Crippen LogP contribution in [0, 0.1) is 0 Å². The van der Waals surface area contributed by atoms with E-state index in [1.165, 1.54) is 17.2 Å². The zero-order chi connectivity index (χ0) is 14.6. The summed E-state index contributed by atoms with van der Waals surface area (Å²) < 4.78 is 30.7. The number of hydrogen-bond donors (Lipinski definition) is 2. The molecule has 0 aliphatic carbocycles. The van der Waals surface area contributed by atoms with Crippen LogP contribution in [-0.2, 0) is 14.9 Å². The molecule has 2 aromatic rings. The Bertz CT molecular complexity index is 679. The van der Waals surface area contributed by atoms with Gasteiger partial charge in [-0.3, -0.25) is 9.35 Å². The first-order valence-corrected chi connectivity index (χ1v) is 6.93. The maximum Gasteiger partial charge on any atom is 0.296 e. The molecule has 0 atom stereocenters. The first-order chi connectivity index (χ1) is 8.75. The van der Waals surface area contributed by atoms with Crippen molar-refractivity contribution in [1.29, 1.82) is 0 Å². The summed E-state index contributed by atoms with van der Waals surface area (Å²) in [4.78, 5) is 13.4. The summed E-state index contributed by atoms with van der Waals surface area (Å²) in [5.41, 5.74) is 0.613. The Labute approximate surface area is 115 Å². The number of nitrogens with zero attached hydrogens (tertiary/aromatic N) is 1. The molecule has 2 rings (SSSR count). The standard InChI is InChI=1S/C8H6ClNO3S.C3H7NO/c9-5-1-2-7-6(3-5)8(4-10-7)14(11,12)13;1-4(2)3-5/h1-4,10H,(H,11,12,13);3H,1-2H3. The van der Waals surface area contributed by atoms with E-state index in [1.54, 1.807) is 26.2 Å². The minimum atomic E-state index is -4.19. The van der Waals surface area contributed by atoms with Crippen molar-refractivity contribution in [3.05, 3.63) is 29.4 Å². The van der Waals surface area contributed by atoms with E-state index >= 15 is 0 Å². The minimum absolute atomic E-state index is 0.157. The third kappa shape index (κ3) is 4.23. The second-order valence-corrected chi connectivity index (χ2v) is 5.71. The fourth-order valence-corrected chi connectivity index (χ4v) is 2.11. The largest absolute Gasteiger partial charge is 0.360 e. The van der Waals surface area contributed by atoms with Gasteiger partial charge in [-0.25, -0.2) is 0 Å². The molecule has 1 aromatic heterocycles. The molecular formula is C11H13ClN2O4S. The second kappa shape index (κ2) is 6.05. The Kier molecular flexibility index (Phi) is 4.93. The number of aromatic amines is 1. The molecule has 0 spiro atoms. The van der Waals surface area contributed by atoms with Gasteiger partial charge in [0, 0.05) is 36.2 Å². The zero-order valence-corrected chi connectivity index (χ0v) is 11.9. The lowest BCUT2D eigenvalue weighted by molar-refractivity contribution is -0.115. The number of amides is 1.